The molecule has 0 unspecified atom stereocenters. The van der Waals surface area contributed by atoms with Gasteiger partial charge in [-0.15, -0.1) is 11.8 Å². The minimum atomic E-state index is -0.894. The second-order valence-corrected chi connectivity index (χ2v) is 6.66. The molecule has 1 aromatic carbocycles. The Morgan fingerprint density at radius 3 is 2.65 bits per heavy atom. The lowest BCUT2D eigenvalue weighted by molar-refractivity contribution is -0.138. The predicted molar refractivity (Wildman–Crippen MR) is 77.8 cm³/mol. The molecule has 0 radical (unpaired) electrons. The van der Waals surface area contributed by atoms with Gasteiger partial charge in [0.15, 0.2) is 0 Å². The van der Waals surface area contributed by atoms with Crippen LogP contribution in [-0.4, -0.2) is 26.0 Å². The van der Waals surface area contributed by atoms with Crippen LogP contribution in [0.25, 0.3) is 11.4 Å². The first kappa shape index (κ1) is 14.9. The molecule has 2 rings (SSSR count). The number of rotatable bonds is 5. The molecule has 0 aliphatic heterocycles. The van der Waals surface area contributed by atoms with Gasteiger partial charge in [-0.2, -0.15) is 4.98 Å². The fraction of sp³-hybridized carbons (Fsp3) is 0.308. The summed E-state index contributed by atoms with van der Waals surface area (Å²) >= 11 is 7.04. The van der Waals surface area contributed by atoms with Gasteiger partial charge in [-0.25, -0.2) is 0 Å². The number of nitrogens with zero attached hydrogens (tertiary/aromatic N) is 2. The Balaban J connectivity index is 2.06. The number of benzene rings is 1. The number of aliphatic carboxylic acids is 1. The Morgan fingerprint density at radius 1 is 1.40 bits per heavy atom. The van der Waals surface area contributed by atoms with Gasteiger partial charge < -0.3 is 9.63 Å². The summed E-state index contributed by atoms with van der Waals surface area (Å²) in [5.74, 6) is 0.333. The summed E-state index contributed by atoms with van der Waals surface area (Å²) in [7, 11) is 0. The van der Waals surface area contributed by atoms with Gasteiger partial charge in [-0.1, -0.05) is 16.8 Å². The Labute approximate surface area is 125 Å². The van der Waals surface area contributed by atoms with Gasteiger partial charge >= 0.3 is 5.97 Å². The van der Waals surface area contributed by atoms with Gasteiger partial charge in [-0.05, 0) is 38.1 Å². The first-order valence-electron chi connectivity index (χ1n) is 5.84. The van der Waals surface area contributed by atoms with Crippen molar-refractivity contribution in [1.29, 1.82) is 0 Å². The van der Waals surface area contributed by atoms with Gasteiger partial charge in [0.25, 0.3) is 0 Å². The van der Waals surface area contributed by atoms with Crippen LogP contribution in [0.3, 0.4) is 0 Å². The molecule has 1 heterocycles. The first-order valence-corrected chi connectivity index (χ1v) is 7.21. The van der Waals surface area contributed by atoms with Crippen molar-refractivity contribution in [2.45, 2.75) is 24.3 Å². The Kier molecular flexibility index (Phi) is 4.35. The van der Waals surface area contributed by atoms with Crippen molar-refractivity contribution in [1.82, 2.24) is 10.1 Å². The average Bonchev–Trinajstić information content (AvgIpc) is 2.86. The molecule has 7 heteroatoms. The Bertz CT molecular complexity index is 610. The topological polar surface area (TPSA) is 76.2 Å². The van der Waals surface area contributed by atoms with E-state index >= 15 is 0 Å². The van der Waals surface area contributed by atoms with E-state index in [9.17, 15) is 4.79 Å². The first-order chi connectivity index (χ1) is 9.38. The van der Waals surface area contributed by atoms with Gasteiger partial charge in [0, 0.05) is 10.6 Å². The van der Waals surface area contributed by atoms with Crippen LogP contribution in [0, 0.1) is 0 Å². The largest absolute Gasteiger partial charge is 0.480 e. The number of halogens is 1. The van der Waals surface area contributed by atoms with Gasteiger partial charge in [-0.3, -0.25) is 4.79 Å². The van der Waals surface area contributed by atoms with Crippen LogP contribution in [-0.2, 0) is 10.5 Å². The fourth-order valence-electron chi connectivity index (χ4n) is 1.33. The minimum absolute atomic E-state index is 0.347. The van der Waals surface area contributed by atoms with Crippen LogP contribution in [0.1, 0.15) is 19.7 Å². The molecule has 2 aromatic rings. The molecular formula is C13H13ClN2O3S. The number of hydrogen-bond acceptors (Lipinski definition) is 5. The normalized spacial score (nSPS) is 11.6. The van der Waals surface area contributed by atoms with Crippen LogP contribution >= 0.6 is 23.4 Å². The molecule has 106 valence electrons. The molecule has 1 N–H and O–H groups in total. The Morgan fingerprint density at radius 2 is 2.05 bits per heavy atom. The van der Waals surface area contributed by atoms with Gasteiger partial charge in [0.05, 0.1) is 5.75 Å². The lowest BCUT2D eigenvalue weighted by atomic mass is 10.2. The smallest absolute Gasteiger partial charge is 0.319 e. The summed E-state index contributed by atoms with van der Waals surface area (Å²) in [5.41, 5.74) is 0.798. The number of carbonyl (C=O) groups is 1. The molecule has 0 atom stereocenters. The van der Waals surface area contributed by atoms with Crippen molar-refractivity contribution in [3.63, 3.8) is 0 Å². The van der Waals surface area contributed by atoms with Crippen molar-refractivity contribution >= 4 is 29.3 Å². The molecule has 0 spiro atoms. The molecular weight excluding hydrogens is 300 g/mol. The monoisotopic (exact) mass is 312 g/mol. The summed E-state index contributed by atoms with van der Waals surface area (Å²) in [6, 6.07) is 7.08. The molecule has 0 aliphatic carbocycles. The van der Waals surface area contributed by atoms with Crippen LogP contribution < -0.4 is 0 Å². The molecule has 5 nitrogen and oxygen atoms in total. The van der Waals surface area contributed by atoms with Crippen molar-refractivity contribution < 1.29 is 14.4 Å². The molecule has 0 saturated carbocycles. The summed E-state index contributed by atoms with van der Waals surface area (Å²) < 4.78 is 4.22. The maximum Gasteiger partial charge on any atom is 0.319 e. The summed E-state index contributed by atoms with van der Waals surface area (Å²) in [4.78, 5) is 15.2. The van der Waals surface area contributed by atoms with Crippen molar-refractivity contribution in [3.8, 4) is 11.4 Å². The summed E-state index contributed by atoms with van der Waals surface area (Å²) in [6.07, 6.45) is 0. The summed E-state index contributed by atoms with van der Waals surface area (Å²) in [6.45, 7) is 3.27. The van der Waals surface area contributed by atoms with E-state index in [0.717, 1.165) is 5.56 Å². The highest BCUT2D eigenvalue weighted by atomic mass is 35.5. The molecule has 0 amide bonds. The van der Waals surface area contributed by atoms with Crippen molar-refractivity contribution in [2.75, 3.05) is 0 Å². The van der Waals surface area contributed by atoms with E-state index in [1.165, 1.54) is 11.8 Å². The quantitative estimate of drug-likeness (QED) is 0.910. The molecule has 0 bridgehead atoms. The van der Waals surface area contributed by atoms with E-state index in [0.29, 0.717) is 22.5 Å². The fourth-order valence-corrected chi connectivity index (χ4v) is 2.18. The number of hydrogen-bond donors (Lipinski definition) is 1. The average molecular weight is 313 g/mol. The molecule has 1 aromatic heterocycles. The van der Waals surface area contributed by atoms with E-state index in [2.05, 4.69) is 10.1 Å². The van der Waals surface area contributed by atoms with Crippen molar-refractivity contribution in [2.24, 2.45) is 0 Å². The van der Waals surface area contributed by atoms with E-state index < -0.39 is 10.7 Å². The standard InChI is InChI=1S/C13H13ClN2O3S/c1-13(2,12(17)18)20-7-10-15-11(16-19-10)8-3-5-9(14)6-4-8/h3-6H,7H2,1-2H3,(H,17,18). The van der Waals surface area contributed by atoms with E-state index in [-0.39, 0.29) is 0 Å². The third kappa shape index (κ3) is 3.52. The lowest BCUT2D eigenvalue weighted by Crippen LogP contribution is -2.27. The van der Waals surface area contributed by atoms with Crippen LogP contribution in [0.2, 0.25) is 5.02 Å². The van der Waals surface area contributed by atoms with E-state index in [1.807, 2.05) is 0 Å². The van der Waals surface area contributed by atoms with Gasteiger partial charge in [0.1, 0.15) is 4.75 Å². The minimum Gasteiger partial charge on any atom is -0.480 e. The second kappa shape index (κ2) is 5.85. The summed E-state index contributed by atoms with van der Waals surface area (Å²) in [5, 5.41) is 13.5. The maximum atomic E-state index is 11.0. The highest BCUT2D eigenvalue weighted by Crippen LogP contribution is 2.28. The Hall–Kier alpha value is -1.53. The van der Waals surface area contributed by atoms with Crippen LogP contribution in [0.5, 0.6) is 0 Å². The van der Waals surface area contributed by atoms with Crippen LogP contribution in [0.15, 0.2) is 28.8 Å². The van der Waals surface area contributed by atoms with Crippen LogP contribution in [0.4, 0.5) is 0 Å². The molecule has 20 heavy (non-hydrogen) atoms. The number of thioether (sulfide) groups is 1. The highest BCUT2D eigenvalue weighted by molar-refractivity contribution is 8.00. The molecule has 0 fully saturated rings. The highest BCUT2D eigenvalue weighted by Gasteiger charge is 2.28. The molecule has 0 saturated heterocycles. The predicted octanol–water partition coefficient (Wildman–Crippen LogP) is 3.49. The lowest BCUT2D eigenvalue weighted by Gasteiger charge is -2.16. The second-order valence-electron chi connectivity index (χ2n) is 4.62. The van der Waals surface area contributed by atoms with Gasteiger partial charge in [0.2, 0.25) is 11.7 Å². The maximum absolute atomic E-state index is 11.0. The van der Waals surface area contributed by atoms with E-state index in [1.54, 1.807) is 38.1 Å². The zero-order valence-electron chi connectivity index (χ0n) is 11.0. The number of aromatic nitrogens is 2. The zero-order chi connectivity index (χ0) is 14.8. The molecule has 0 aliphatic rings. The van der Waals surface area contributed by atoms with Crippen molar-refractivity contribution in [3.05, 3.63) is 35.2 Å². The SMILES string of the molecule is CC(C)(SCc1nc(-c2ccc(Cl)cc2)no1)C(=O)O. The number of carboxylic acids is 1. The van der Waals surface area contributed by atoms with E-state index in [4.69, 9.17) is 21.2 Å². The third-order valence-electron chi connectivity index (χ3n) is 2.64. The third-order valence-corrected chi connectivity index (χ3v) is 4.18. The number of carboxylic acid groups (broad SMARTS) is 1. The zero-order valence-corrected chi connectivity index (χ0v) is 12.5.